The van der Waals surface area contributed by atoms with Gasteiger partial charge in [-0.15, -0.1) is 0 Å². The van der Waals surface area contributed by atoms with Crippen molar-refractivity contribution in [3.8, 4) is 5.75 Å². The van der Waals surface area contributed by atoms with Crippen LogP contribution in [-0.4, -0.2) is 16.9 Å². The maximum atomic E-state index is 10.9. The molecule has 1 atom stereocenters. The Balaban J connectivity index is 2.76. The number of esters is 1. The monoisotopic (exact) mass is 251 g/mol. The lowest BCUT2D eigenvalue weighted by Crippen LogP contribution is -2.21. The van der Waals surface area contributed by atoms with Gasteiger partial charge in [0.2, 0.25) is 6.04 Å². The Bertz CT molecular complexity index is 431. The van der Waals surface area contributed by atoms with Crippen molar-refractivity contribution >= 4 is 5.97 Å². The molecule has 0 fully saturated rings. The fraction of sp³-hybridized carbons (Fsp3) is 0.462. The van der Waals surface area contributed by atoms with E-state index < -0.39 is 12.0 Å². The molecular formula is C13H17NO4. The molecule has 98 valence electrons. The molecule has 1 rings (SSSR count). The van der Waals surface area contributed by atoms with Crippen LogP contribution in [-0.2, 0) is 11.2 Å². The van der Waals surface area contributed by atoms with Crippen LogP contribution < -0.4 is 4.74 Å². The zero-order chi connectivity index (χ0) is 13.5. The molecule has 0 aromatic heterocycles. The molecule has 0 amide bonds. The van der Waals surface area contributed by atoms with E-state index >= 15 is 0 Å². The summed E-state index contributed by atoms with van der Waals surface area (Å²) in [5.41, 5.74) is 0.809. The number of hydrogen-bond acceptors (Lipinski definition) is 4. The van der Waals surface area contributed by atoms with E-state index in [0.717, 1.165) is 12.0 Å². The van der Waals surface area contributed by atoms with Crippen molar-refractivity contribution in [2.45, 2.75) is 39.2 Å². The van der Waals surface area contributed by atoms with Gasteiger partial charge in [0.25, 0.3) is 0 Å². The van der Waals surface area contributed by atoms with E-state index in [1.807, 2.05) is 6.92 Å². The Morgan fingerprint density at radius 2 is 2.22 bits per heavy atom. The summed E-state index contributed by atoms with van der Waals surface area (Å²) in [6, 6.07) is 6.29. The molecule has 5 heteroatoms. The third kappa shape index (κ3) is 4.53. The smallest absolute Gasteiger partial charge is 0.308 e. The first-order valence-electron chi connectivity index (χ1n) is 5.93. The Labute approximate surface area is 106 Å². The molecule has 0 aliphatic rings. The van der Waals surface area contributed by atoms with Crippen LogP contribution in [0.4, 0.5) is 0 Å². The van der Waals surface area contributed by atoms with Crippen LogP contribution in [0.15, 0.2) is 24.3 Å². The second kappa shape index (κ2) is 6.74. The lowest BCUT2D eigenvalue weighted by molar-refractivity contribution is -0.523. The molecule has 0 heterocycles. The van der Waals surface area contributed by atoms with Gasteiger partial charge in [0.05, 0.1) is 0 Å². The van der Waals surface area contributed by atoms with E-state index in [1.165, 1.54) is 6.92 Å². The zero-order valence-corrected chi connectivity index (χ0v) is 10.6. The van der Waals surface area contributed by atoms with Crippen LogP contribution in [0.5, 0.6) is 5.75 Å². The number of nitrogens with zero attached hydrogens (tertiary/aromatic N) is 1. The van der Waals surface area contributed by atoms with Gasteiger partial charge in [-0.2, -0.15) is 0 Å². The molecule has 0 aliphatic carbocycles. The molecular weight excluding hydrogens is 234 g/mol. The number of carbonyl (C=O) groups is 1. The predicted molar refractivity (Wildman–Crippen MR) is 67.1 cm³/mol. The minimum atomic E-state index is -0.581. The topological polar surface area (TPSA) is 69.4 Å². The Morgan fingerprint density at radius 1 is 1.50 bits per heavy atom. The summed E-state index contributed by atoms with van der Waals surface area (Å²) >= 11 is 0. The molecule has 0 aliphatic heterocycles. The molecule has 1 aromatic rings. The summed E-state index contributed by atoms with van der Waals surface area (Å²) in [6.07, 6.45) is 1.68. The van der Waals surface area contributed by atoms with Gasteiger partial charge >= 0.3 is 5.97 Å². The van der Waals surface area contributed by atoms with Gasteiger partial charge in [0.1, 0.15) is 5.75 Å². The highest BCUT2D eigenvalue weighted by molar-refractivity contribution is 5.69. The molecule has 1 aromatic carbocycles. The van der Waals surface area contributed by atoms with Crippen LogP contribution in [0.2, 0.25) is 0 Å². The van der Waals surface area contributed by atoms with Gasteiger partial charge in [-0.3, -0.25) is 14.9 Å². The van der Waals surface area contributed by atoms with Gasteiger partial charge < -0.3 is 4.74 Å². The Hall–Kier alpha value is -1.91. The van der Waals surface area contributed by atoms with Gasteiger partial charge in [-0.1, -0.05) is 19.1 Å². The second-order valence-electron chi connectivity index (χ2n) is 4.17. The number of ether oxygens (including phenoxy) is 1. The van der Waals surface area contributed by atoms with Crippen molar-refractivity contribution in [1.82, 2.24) is 0 Å². The maximum Gasteiger partial charge on any atom is 0.308 e. The molecule has 5 nitrogen and oxygen atoms in total. The van der Waals surface area contributed by atoms with E-state index in [4.69, 9.17) is 4.74 Å². The Morgan fingerprint density at radius 3 is 2.78 bits per heavy atom. The van der Waals surface area contributed by atoms with Gasteiger partial charge in [0, 0.05) is 24.7 Å². The molecule has 0 saturated heterocycles. The van der Waals surface area contributed by atoms with E-state index in [9.17, 15) is 14.9 Å². The highest BCUT2D eigenvalue weighted by atomic mass is 16.6. The molecule has 0 bridgehead atoms. The SMILES string of the molecule is CCCC(Cc1cccc(OC(C)=O)c1)[N+](=O)[O-]. The standard InChI is InChI=1S/C13H17NO4/c1-3-5-12(14(16)17)8-11-6-4-7-13(9-11)18-10(2)15/h4,6-7,9,12H,3,5,8H2,1-2H3. The van der Waals surface area contributed by atoms with Crippen LogP contribution >= 0.6 is 0 Å². The van der Waals surface area contributed by atoms with Crippen LogP contribution in [0.3, 0.4) is 0 Å². The number of benzene rings is 1. The van der Waals surface area contributed by atoms with Gasteiger partial charge in [-0.25, -0.2) is 0 Å². The third-order valence-electron chi connectivity index (χ3n) is 2.55. The highest BCUT2D eigenvalue weighted by Crippen LogP contribution is 2.17. The van der Waals surface area contributed by atoms with Crippen molar-refractivity contribution in [2.75, 3.05) is 0 Å². The van der Waals surface area contributed by atoms with Crippen LogP contribution in [0.1, 0.15) is 32.3 Å². The summed E-state index contributed by atoms with van der Waals surface area (Å²) in [5.74, 6) is 0.0325. The minimum Gasteiger partial charge on any atom is -0.427 e. The average molecular weight is 251 g/mol. The van der Waals surface area contributed by atoms with Crippen molar-refractivity contribution in [2.24, 2.45) is 0 Å². The largest absolute Gasteiger partial charge is 0.427 e. The number of rotatable bonds is 6. The van der Waals surface area contributed by atoms with E-state index in [2.05, 4.69) is 0 Å². The maximum absolute atomic E-state index is 10.9. The zero-order valence-electron chi connectivity index (χ0n) is 10.6. The fourth-order valence-corrected chi connectivity index (χ4v) is 1.79. The summed E-state index contributed by atoms with van der Waals surface area (Å²) in [4.78, 5) is 21.5. The normalized spacial score (nSPS) is 11.9. The molecule has 18 heavy (non-hydrogen) atoms. The molecule has 1 unspecified atom stereocenters. The number of nitro groups is 1. The highest BCUT2D eigenvalue weighted by Gasteiger charge is 2.19. The van der Waals surface area contributed by atoms with Gasteiger partial charge in [0.15, 0.2) is 0 Å². The fourth-order valence-electron chi connectivity index (χ4n) is 1.79. The first kappa shape index (κ1) is 14.2. The number of hydrogen-bond donors (Lipinski definition) is 0. The summed E-state index contributed by atoms with van der Waals surface area (Å²) < 4.78 is 4.95. The molecule has 0 saturated carbocycles. The molecule has 0 radical (unpaired) electrons. The molecule has 0 spiro atoms. The first-order chi connectivity index (χ1) is 8.52. The second-order valence-corrected chi connectivity index (χ2v) is 4.17. The van der Waals surface area contributed by atoms with Crippen LogP contribution in [0, 0.1) is 10.1 Å². The van der Waals surface area contributed by atoms with Crippen molar-refractivity contribution in [1.29, 1.82) is 0 Å². The summed E-state index contributed by atoms with van der Waals surface area (Å²) in [6.45, 7) is 3.25. The lowest BCUT2D eigenvalue weighted by Gasteiger charge is -2.09. The van der Waals surface area contributed by atoms with Crippen molar-refractivity contribution < 1.29 is 14.5 Å². The quantitative estimate of drug-likeness (QED) is 0.337. The van der Waals surface area contributed by atoms with Gasteiger partial charge in [-0.05, 0) is 24.1 Å². The number of carbonyl (C=O) groups excluding carboxylic acids is 1. The minimum absolute atomic E-state index is 0.248. The Kier molecular flexibility index (Phi) is 5.30. The van der Waals surface area contributed by atoms with Crippen molar-refractivity contribution in [3.05, 3.63) is 39.9 Å². The summed E-state index contributed by atoms with van der Waals surface area (Å²) in [7, 11) is 0. The predicted octanol–water partition coefficient (Wildman–Crippen LogP) is 2.60. The average Bonchev–Trinajstić information content (AvgIpc) is 2.28. The van der Waals surface area contributed by atoms with E-state index in [0.29, 0.717) is 18.6 Å². The van der Waals surface area contributed by atoms with Crippen molar-refractivity contribution in [3.63, 3.8) is 0 Å². The molecule has 0 N–H and O–H groups in total. The first-order valence-corrected chi connectivity index (χ1v) is 5.93. The van der Waals surface area contributed by atoms with E-state index in [1.54, 1.807) is 24.3 Å². The van der Waals surface area contributed by atoms with E-state index in [-0.39, 0.29) is 4.92 Å². The summed E-state index contributed by atoms with van der Waals surface area (Å²) in [5, 5.41) is 10.9. The lowest BCUT2D eigenvalue weighted by atomic mass is 10.0. The van der Waals surface area contributed by atoms with Crippen LogP contribution in [0.25, 0.3) is 0 Å². The third-order valence-corrected chi connectivity index (χ3v) is 2.55.